The summed E-state index contributed by atoms with van der Waals surface area (Å²) in [6, 6.07) is 6.18. The van der Waals surface area contributed by atoms with Gasteiger partial charge >= 0.3 is 5.97 Å². The lowest BCUT2D eigenvalue weighted by molar-refractivity contribution is -0.120. The number of thiazole rings is 1. The van der Waals surface area contributed by atoms with Crippen molar-refractivity contribution in [3.8, 4) is 0 Å². The fraction of sp³-hybridized carbons (Fsp3) is 0.0667. The van der Waals surface area contributed by atoms with Crippen LogP contribution in [0.1, 0.15) is 21.6 Å². The van der Waals surface area contributed by atoms with E-state index in [1.807, 2.05) is 16.0 Å². The first-order valence-corrected chi connectivity index (χ1v) is 7.56. The Morgan fingerprint density at radius 3 is 2.83 bits per heavy atom. The summed E-state index contributed by atoms with van der Waals surface area (Å²) in [5.74, 6) is -1.25. The van der Waals surface area contributed by atoms with Crippen LogP contribution in [0.3, 0.4) is 0 Å². The molecule has 0 saturated carbocycles. The van der Waals surface area contributed by atoms with Gasteiger partial charge in [0, 0.05) is 17.8 Å². The van der Waals surface area contributed by atoms with E-state index in [-0.39, 0.29) is 17.9 Å². The first-order chi connectivity index (χ1) is 11.1. The molecule has 0 aliphatic rings. The Morgan fingerprint density at radius 2 is 2.13 bits per heavy atom. The van der Waals surface area contributed by atoms with Gasteiger partial charge in [-0.2, -0.15) is 5.10 Å². The molecule has 0 aliphatic heterocycles. The second-order valence-electron chi connectivity index (χ2n) is 4.72. The molecule has 0 atom stereocenters. The number of benzene rings is 1. The number of nitrogens with one attached hydrogen (secondary N) is 1. The molecule has 2 N–H and O–H groups in total. The van der Waals surface area contributed by atoms with Crippen molar-refractivity contribution < 1.29 is 14.7 Å². The highest BCUT2D eigenvalue weighted by molar-refractivity contribution is 7.15. The first-order valence-electron chi connectivity index (χ1n) is 6.68. The van der Waals surface area contributed by atoms with Crippen LogP contribution >= 0.6 is 11.3 Å². The third-order valence-corrected chi connectivity index (χ3v) is 3.82. The van der Waals surface area contributed by atoms with E-state index in [0.717, 1.165) is 4.96 Å². The van der Waals surface area contributed by atoms with Crippen LogP contribution in [0, 0.1) is 0 Å². The molecule has 2 aromatic heterocycles. The number of hydrazone groups is 1. The molecule has 1 amide bonds. The molecule has 7 nitrogen and oxygen atoms in total. The first kappa shape index (κ1) is 14.9. The van der Waals surface area contributed by atoms with Gasteiger partial charge in [-0.05, 0) is 17.7 Å². The summed E-state index contributed by atoms with van der Waals surface area (Å²) in [5.41, 5.74) is 3.99. The molecular weight excluding hydrogens is 316 g/mol. The molecule has 8 heteroatoms. The summed E-state index contributed by atoms with van der Waals surface area (Å²) in [6.45, 7) is 0. The van der Waals surface area contributed by atoms with Crippen LogP contribution in [-0.4, -0.2) is 32.6 Å². The fourth-order valence-corrected chi connectivity index (χ4v) is 2.67. The molecule has 0 radical (unpaired) electrons. The molecule has 1 aromatic carbocycles. The maximum atomic E-state index is 11.8. The van der Waals surface area contributed by atoms with Crippen molar-refractivity contribution >= 4 is 34.4 Å². The van der Waals surface area contributed by atoms with E-state index in [0.29, 0.717) is 11.3 Å². The van der Waals surface area contributed by atoms with Crippen molar-refractivity contribution in [2.45, 2.75) is 6.42 Å². The highest BCUT2D eigenvalue weighted by Crippen LogP contribution is 2.11. The van der Waals surface area contributed by atoms with Gasteiger partial charge in [0.15, 0.2) is 4.96 Å². The zero-order valence-corrected chi connectivity index (χ0v) is 12.7. The van der Waals surface area contributed by atoms with Crippen molar-refractivity contribution in [1.29, 1.82) is 0 Å². The Balaban J connectivity index is 1.55. The van der Waals surface area contributed by atoms with Gasteiger partial charge in [0.1, 0.15) is 0 Å². The normalized spacial score (nSPS) is 11.1. The highest BCUT2D eigenvalue weighted by Gasteiger charge is 2.07. The van der Waals surface area contributed by atoms with Crippen molar-refractivity contribution in [1.82, 2.24) is 14.8 Å². The molecule has 116 valence electrons. The van der Waals surface area contributed by atoms with E-state index in [9.17, 15) is 9.59 Å². The lowest BCUT2D eigenvalue weighted by Gasteiger charge is -1.98. The number of rotatable bonds is 5. The van der Waals surface area contributed by atoms with Crippen molar-refractivity contribution in [3.05, 3.63) is 58.9 Å². The van der Waals surface area contributed by atoms with Gasteiger partial charge in [0.25, 0.3) is 0 Å². The Bertz CT molecular complexity index is 851. The van der Waals surface area contributed by atoms with Gasteiger partial charge in [0.2, 0.25) is 5.91 Å². The second-order valence-corrected chi connectivity index (χ2v) is 5.60. The Morgan fingerprint density at radius 1 is 1.35 bits per heavy atom. The molecule has 0 fully saturated rings. The summed E-state index contributed by atoms with van der Waals surface area (Å²) in [5, 5.41) is 14.6. The molecular formula is C15H12N4O3S. The van der Waals surface area contributed by atoms with E-state index in [1.165, 1.54) is 29.7 Å². The van der Waals surface area contributed by atoms with Gasteiger partial charge in [-0.25, -0.2) is 15.2 Å². The lowest BCUT2D eigenvalue weighted by Crippen LogP contribution is -2.19. The number of fused-ring (bicyclic) bond motifs is 1. The predicted octanol–water partition coefficient (Wildman–Crippen LogP) is 1.79. The van der Waals surface area contributed by atoms with Gasteiger partial charge < -0.3 is 5.11 Å². The van der Waals surface area contributed by atoms with Crippen molar-refractivity contribution in [2.75, 3.05) is 0 Å². The van der Waals surface area contributed by atoms with E-state index >= 15 is 0 Å². The lowest BCUT2D eigenvalue weighted by atomic mass is 10.1. The zero-order chi connectivity index (χ0) is 16.2. The summed E-state index contributed by atoms with van der Waals surface area (Å²) >= 11 is 1.50. The van der Waals surface area contributed by atoms with Crippen LogP contribution in [0.4, 0.5) is 0 Å². The SMILES string of the molecule is O=C(Cc1cn2ccsc2n1)N/N=C\c1ccc(C(=O)O)cc1. The van der Waals surface area contributed by atoms with E-state index < -0.39 is 5.97 Å². The molecule has 2 heterocycles. The number of hydrogen-bond acceptors (Lipinski definition) is 5. The summed E-state index contributed by atoms with van der Waals surface area (Å²) in [4.78, 5) is 27.7. The molecule has 3 aromatic rings. The number of carboxylic acid groups (broad SMARTS) is 1. The topological polar surface area (TPSA) is 96.1 Å². The Kier molecular flexibility index (Phi) is 4.15. The van der Waals surface area contributed by atoms with Crippen LogP contribution in [0.5, 0.6) is 0 Å². The van der Waals surface area contributed by atoms with Crippen LogP contribution in [0.2, 0.25) is 0 Å². The van der Waals surface area contributed by atoms with Gasteiger partial charge in [0.05, 0.1) is 23.9 Å². The Hall–Kier alpha value is -3.00. The number of nitrogens with zero attached hydrogens (tertiary/aromatic N) is 3. The maximum Gasteiger partial charge on any atom is 0.335 e. The zero-order valence-electron chi connectivity index (χ0n) is 11.8. The van der Waals surface area contributed by atoms with E-state index in [4.69, 9.17) is 5.11 Å². The molecule has 0 bridgehead atoms. The van der Waals surface area contributed by atoms with E-state index in [1.54, 1.807) is 18.3 Å². The summed E-state index contributed by atoms with van der Waals surface area (Å²) < 4.78 is 1.86. The number of amides is 1. The quantitative estimate of drug-likeness (QED) is 0.551. The average molecular weight is 328 g/mol. The standard InChI is InChI=1S/C15H12N4O3S/c20-13(7-12-9-19-5-6-23-15(19)17-12)18-16-8-10-1-3-11(4-2-10)14(21)22/h1-6,8-9H,7H2,(H,18,20)(H,21,22)/b16-8-. The highest BCUT2D eigenvalue weighted by atomic mass is 32.1. The number of carbonyl (C=O) groups excluding carboxylic acids is 1. The van der Waals surface area contributed by atoms with Crippen LogP contribution in [-0.2, 0) is 11.2 Å². The predicted molar refractivity (Wildman–Crippen MR) is 85.9 cm³/mol. The monoisotopic (exact) mass is 328 g/mol. The minimum Gasteiger partial charge on any atom is -0.478 e. The number of aromatic carboxylic acids is 1. The molecule has 0 saturated heterocycles. The molecule has 23 heavy (non-hydrogen) atoms. The minimum atomic E-state index is -0.984. The Labute approximate surface area is 134 Å². The van der Waals surface area contributed by atoms with Gasteiger partial charge in [-0.15, -0.1) is 11.3 Å². The van der Waals surface area contributed by atoms with Crippen molar-refractivity contribution in [2.24, 2.45) is 5.10 Å². The number of carboxylic acids is 1. The molecule has 0 unspecified atom stereocenters. The van der Waals surface area contributed by atoms with Gasteiger partial charge in [-0.1, -0.05) is 12.1 Å². The van der Waals surface area contributed by atoms with Crippen LogP contribution in [0.25, 0.3) is 4.96 Å². The van der Waals surface area contributed by atoms with E-state index in [2.05, 4.69) is 15.5 Å². The molecule has 0 aliphatic carbocycles. The van der Waals surface area contributed by atoms with Gasteiger partial charge in [-0.3, -0.25) is 9.20 Å². The average Bonchev–Trinajstić information content (AvgIpc) is 3.09. The number of hydrogen-bond donors (Lipinski definition) is 2. The summed E-state index contributed by atoms with van der Waals surface area (Å²) in [7, 11) is 0. The number of imidazole rings is 1. The van der Waals surface area contributed by atoms with Crippen LogP contribution in [0.15, 0.2) is 47.1 Å². The third kappa shape index (κ3) is 3.61. The smallest absolute Gasteiger partial charge is 0.335 e. The van der Waals surface area contributed by atoms with Crippen molar-refractivity contribution in [3.63, 3.8) is 0 Å². The third-order valence-electron chi connectivity index (χ3n) is 3.05. The number of carbonyl (C=O) groups is 2. The minimum absolute atomic E-state index is 0.143. The number of aromatic nitrogens is 2. The fourth-order valence-electron chi connectivity index (χ4n) is 1.96. The molecule has 0 spiro atoms. The van der Waals surface area contributed by atoms with Crippen LogP contribution < -0.4 is 5.43 Å². The maximum absolute atomic E-state index is 11.8. The molecule has 3 rings (SSSR count). The largest absolute Gasteiger partial charge is 0.478 e. The second kappa shape index (κ2) is 6.41. The summed E-state index contributed by atoms with van der Waals surface area (Å²) in [6.07, 6.45) is 5.28.